The summed E-state index contributed by atoms with van der Waals surface area (Å²) in [5, 5.41) is 54.5. The molecule has 39 heavy (non-hydrogen) atoms. The lowest BCUT2D eigenvalue weighted by Crippen LogP contribution is -2.44. The van der Waals surface area contributed by atoms with Gasteiger partial charge in [0.2, 0.25) is 5.78 Å². The summed E-state index contributed by atoms with van der Waals surface area (Å²) in [5.74, 6) is -4.65. The van der Waals surface area contributed by atoms with Crippen LogP contribution in [0.5, 0.6) is 17.2 Å². The molecular formula is C30H22O9. The molecule has 0 radical (unpaired) electrons. The minimum atomic E-state index is -1.36. The van der Waals surface area contributed by atoms with Gasteiger partial charge in [-0.1, -0.05) is 18.2 Å². The second kappa shape index (κ2) is 7.78. The minimum Gasteiger partial charge on any atom is -0.507 e. The van der Waals surface area contributed by atoms with Crippen LogP contribution in [-0.2, 0) is 11.2 Å². The number of carbonyl (C=O) groups excluding carboxylic acids is 3. The zero-order valence-electron chi connectivity index (χ0n) is 20.5. The molecule has 1 aliphatic heterocycles. The number of phenols is 3. The third kappa shape index (κ3) is 2.99. The number of hydrogen-bond acceptors (Lipinski definition) is 9. The number of ether oxygens (including phenoxy) is 1. The van der Waals surface area contributed by atoms with Crippen LogP contribution in [0.15, 0.2) is 42.5 Å². The molecule has 7 rings (SSSR count). The highest BCUT2D eigenvalue weighted by Crippen LogP contribution is 2.55. The minimum absolute atomic E-state index is 0.00175. The summed E-state index contributed by atoms with van der Waals surface area (Å²) in [6.45, 7) is 1.71. The van der Waals surface area contributed by atoms with Crippen LogP contribution in [0.25, 0.3) is 5.57 Å². The maximum absolute atomic E-state index is 13.7. The predicted octanol–water partition coefficient (Wildman–Crippen LogP) is 2.71. The van der Waals surface area contributed by atoms with Crippen LogP contribution in [0.4, 0.5) is 0 Å². The average Bonchev–Trinajstić information content (AvgIpc) is 3.17. The van der Waals surface area contributed by atoms with Crippen LogP contribution in [0.1, 0.15) is 70.6 Å². The molecule has 3 aromatic rings. The molecule has 0 spiro atoms. The van der Waals surface area contributed by atoms with E-state index in [-0.39, 0.29) is 51.3 Å². The summed E-state index contributed by atoms with van der Waals surface area (Å²) >= 11 is 0. The third-order valence-corrected chi connectivity index (χ3v) is 8.44. The number of aliphatic hydroxyl groups is 2. The molecule has 196 valence electrons. The summed E-state index contributed by atoms with van der Waals surface area (Å²) < 4.78 is 5.63. The Morgan fingerprint density at radius 1 is 0.821 bits per heavy atom. The lowest BCUT2D eigenvalue weighted by molar-refractivity contribution is -0.0693. The third-order valence-electron chi connectivity index (χ3n) is 8.44. The second-order valence-electron chi connectivity index (χ2n) is 10.6. The van der Waals surface area contributed by atoms with E-state index in [1.807, 2.05) is 0 Å². The molecule has 5 atom stereocenters. The number of aromatic hydroxyl groups is 3. The van der Waals surface area contributed by atoms with Gasteiger partial charge in [0.25, 0.3) is 0 Å². The van der Waals surface area contributed by atoms with Gasteiger partial charge in [-0.05, 0) is 71.4 Å². The maximum atomic E-state index is 13.7. The van der Waals surface area contributed by atoms with Crippen molar-refractivity contribution >= 4 is 23.1 Å². The van der Waals surface area contributed by atoms with Gasteiger partial charge in [0.1, 0.15) is 35.0 Å². The van der Waals surface area contributed by atoms with E-state index in [0.29, 0.717) is 22.3 Å². The van der Waals surface area contributed by atoms with Crippen molar-refractivity contribution in [2.24, 2.45) is 11.8 Å². The fraction of sp³-hybridized carbons (Fsp3) is 0.233. The molecule has 3 aromatic carbocycles. The first kappa shape index (κ1) is 23.6. The van der Waals surface area contributed by atoms with E-state index in [1.165, 1.54) is 36.4 Å². The van der Waals surface area contributed by atoms with Gasteiger partial charge in [-0.2, -0.15) is 0 Å². The first-order valence-electron chi connectivity index (χ1n) is 12.5. The zero-order valence-corrected chi connectivity index (χ0v) is 20.5. The highest BCUT2D eigenvalue weighted by atomic mass is 16.6. The number of benzene rings is 3. The first-order chi connectivity index (χ1) is 18.6. The number of aliphatic hydroxyl groups excluding tert-OH is 2. The lowest BCUT2D eigenvalue weighted by atomic mass is 9.70. The second-order valence-corrected chi connectivity index (χ2v) is 10.6. The molecule has 1 heterocycles. The number of allylic oxidation sites excluding steroid dienone is 1. The Balaban J connectivity index is 1.43. The van der Waals surface area contributed by atoms with Crippen molar-refractivity contribution in [2.75, 3.05) is 0 Å². The number of hydrogen-bond donors (Lipinski definition) is 5. The van der Waals surface area contributed by atoms with E-state index in [9.17, 15) is 39.9 Å². The van der Waals surface area contributed by atoms with Gasteiger partial charge in [0, 0.05) is 17.0 Å². The number of rotatable bonds is 0. The fourth-order valence-corrected chi connectivity index (χ4v) is 6.90. The Labute approximate surface area is 221 Å². The van der Waals surface area contributed by atoms with Crippen LogP contribution in [-0.4, -0.2) is 55.3 Å². The maximum Gasteiger partial charge on any atom is 0.342 e. The summed E-state index contributed by atoms with van der Waals surface area (Å²) in [7, 11) is 0. The number of ketones is 2. The van der Waals surface area contributed by atoms with Gasteiger partial charge in [0.15, 0.2) is 5.78 Å². The number of phenolic OH excluding ortho intramolecular Hbond substituents is 3. The van der Waals surface area contributed by atoms with Crippen LogP contribution in [0.3, 0.4) is 0 Å². The van der Waals surface area contributed by atoms with Crippen molar-refractivity contribution in [1.29, 1.82) is 0 Å². The number of carbonyl (C=O) groups is 3. The van der Waals surface area contributed by atoms with Crippen molar-refractivity contribution in [1.82, 2.24) is 0 Å². The summed E-state index contributed by atoms with van der Waals surface area (Å²) in [6.07, 6.45) is -2.14. The van der Waals surface area contributed by atoms with E-state index < -0.39 is 53.4 Å². The van der Waals surface area contributed by atoms with Crippen molar-refractivity contribution in [3.63, 3.8) is 0 Å². The van der Waals surface area contributed by atoms with Gasteiger partial charge in [0.05, 0.1) is 17.2 Å². The first-order valence-corrected chi connectivity index (χ1v) is 12.5. The fourth-order valence-electron chi connectivity index (χ4n) is 6.90. The summed E-state index contributed by atoms with van der Waals surface area (Å²) in [4.78, 5) is 40.2. The molecule has 0 saturated heterocycles. The monoisotopic (exact) mass is 526 g/mol. The van der Waals surface area contributed by atoms with E-state index >= 15 is 0 Å². The number of esters is 1. The Morgan fingerprint density at radius 3 is 2.33 bits per heavy atom. The largest absolute Gasteiger partial charge is 0.507 e. The van der Waals surface area contributed by atoms with Crippen LogP contribution < -0.4 is 0 Å². The normalized spacial score (nSPS) is 26.3. The number of aryl methyl sites for hydroxylation is 1. The summed E-state index contributed by atoms with van der Waals surface area (Å²) in [5.41, 5.74) is 1.60. The molecule has 0 aromatic heterocycles. The van der Waals surface area contributed by atoms with Gasteiger partial charge in [-0.25, -0.2) is 4.79 Å². The molecule has 0 amide bonds. The Bertz CT molecular complexity index is 1720. The molecule has 9 nitrogen and oxygen atoms in total. The zero-order chi connectivity index (χ0) is 27.5. The van der Waals surface area contributed by atoms with Crippen molar-refractivity contribution in [3.05, 3.63) is 92.5 Å². The standard InChI is InChI=1S/C30H22O9/c1-10-5-15-22(17(32)6-10)30(38)39-29-19(34)9-14-13(23(29)27(15)36)7-11-8-18(33)24-25(20(11)14)26(35)12-3-2-4-16(31)21(12)28(24)37/h2-6,8-9,13,19,23,27,29,31-34,36H,7H2,1H3. The highest BCUT2D eigenvalue weighted by molar-refractivity contribution is 6.31. The topological polar surface area (TPSA) is 162 Å². The van der Waals surface area contributed by atoms with E-state index in [4.69, 9.17) is 4.74 Å². The summed E-state index contributed by atoms with van der Waals surface area (Å²) in [6, 6.07) is 8.55. The number of fused-ring (bicyclic) bond motifs is 9. The van der Waals surface area contributed by atoms with Crippen molar-refractivity contribution in [2.45, 2.75) is 31.7 Å². The molecule has 0 saturated carbocycles. The Kier molecular flexibility index (Phi) is 4.71. The lowest BCUT2D eigenvalue weighted by Gasteiger charge is -2.39. The van der Waals surface area contributed by atoms with Crippen LogP contribution >= 0.6 is 0 Å². The Hall–Kier alpha value is -4.47. The van der Waals surface area contributed by atoms with E-state index in [2.05, 4.69) is 0 Å². The molecule has 0 bridgehead atoms. The van der Waals surface area contributed by atoms with E-state index in [0.717, 1.165) is 0 Å². The molecule has 5 N–H and O–H groups in total. The van der Waals surface area contributed by atoms with Crippen LogP contribution in [0, 0.1) is 18.8 Å². The molecule has 9 heteroatoms. The molecule has 0 fully saturated rings. The molecule has 3 aliphatic carbocycles. The molecule has 4 aliphatic rings. The average molecular weight is 526 g/mol. The SMILES string of the molecule is Cc1cc(O)c2c(c1)C(O)C1C3Cc4cc(O)c5c(c4C3=CC(O)C1OC2=O)C(=O)c1cccc(O)c1C5=O. The van der Waals surface area contributed by atoms with Gasteiger partial charge >= 0.3 is 5.97 Å². The van der Waals surface area contributed by atoms with E-state index in [1.54, 1.807) is 13.0 Å². The Morgan fingerprint density at radius 2 is 1.56 bits per heavy atom. The van der Waals surface area contributed by atoms with Gasteiger partial charge in [-0.15, -0.1) is 0 Å². The quantitative estimate of drug-likeness (QED) is 0.217. The van der Waals surface area contributed by atoms with Crippen molar-refractivity contribution < 1.29 is 44.7 Å². The highest BCUT2D eigenvalue weighted by Gasteiger charge is 2.53. The van der Waals surface area contributed by atoms with Crippen molar-refractivity contribution in [3.8, 4) is 17.2 Å². The molecular weight excluding hydrogens is 504 g/mol. The smallest absolute Gasteiger partial charge is 0.342 e. The predicted molar refractivity (Wildman–Crippen MR) is 135 cm³/mol. The van der Waals surface area contributed by atoms with Gasteiger partial charge < -0.3 is 30.3 Å². The van der Waals surface area contributed by atoms with Gasteiger partial charge in [-0.3, -0.25) is 9.59 Å². The molecule has 5 unspecified atom stereocenters. The van der Waals surface area contributed by atoms with Crippen LogP contribution in [0.2, 0.25) is 0 Å².